The Balaban J connectivity index is 2.06. The van der Waals surface area contributed by atoms with Crippen molar-refractivity contribution in [2.45, 2.75) is 19.5 Å². The highest BCUT2D eigenvalue weighted by atomic mass is 79.9. The molecule has 0 saturated carbocycles. The molecule has 2 aromatic rings. The van der Waals surface area contributed by atoms with E-state index in [1.54, 1.807) is 25.3 Å². The molecule has 0 saturated heterocycles. The van der Waals surface area contributed by atoms with Gasteiger partial charge < -0.3 is 15.2 Å². The lowest BCUT2D eigenvalue weighted by Gasteiger charge is -2.16. The minimum Gasteiger partial charge on any atom is -0.508 e. The number of nitrogens with one attached hydrogen (secondary N) is 1. The first kappa shape index (κ1) is 16.1. The van der Waals surface area contributed by atoms with Gasteiger partial charge in [0.15, 0.2) is 0 Å². The molecular formula is C16H17BrClNO2. The monoisotopic (exact) mass is 369 g/mol. The number of hydrogen-bond acceptors (Lipinski definition) is 3. The van der Waals surface area contributed by atoms with Gasteiger partial charge in [-0.05, 0) is 58.7 Å². The Labute approximate surface area is 138 Å². The Morgan fingerprint density at radius 1 is 1.29 bits per heavy atom. The predicted molar refractivity (Wildman–Crippen MR) is 89.1 cm³/mol. The third kappa shape index (κ3) is 4.13. The third-order valence-corrected chi connectivity index (χ3v) is 4.17. The summed E-state index contributed by atoms with van der Waals surface area (Å²) < 4.78 is 6.14. The average molecular weight is 371 g/mol. The van der Waals surface area contributed by atoms with Crippen molar-refractivity contribution in [2.24, 2.45) is 0 Å². The number of aromatic hydroxyl groups is 1. The minimum absolute atomic E-state index is 0.130. The molecule has 0 heterocycles. The number of hydrogen-bond donors (Lipinski definition) is 2. The highest BCUT2D eigenvalue weighted by Crippen LogP contribution is 2.28. The first-order valence-electron chi connectivity index (χ1n) is 6.55. The van der Waals surface area contributed by atoms with Gasteiger partial charge in [0, 0.05) is 23.2 Å². The van der Waals surface area contributed by atoms with Gasteiger partial charge in [0.2, 0.25) is 0 Å². The van der Waals surface area contributed by atoms with E-state index < -0.39 is 0 Å². The summed E-state index contributed by atoms with van der Waals surface area (Å²) in [6.07, 6.45) is 0. The maximum absolute atomic E-state index is 9.81. The van der Waals surface area contributed by atoms with Crippen molar-refractivity contribution in [1.82, 2.24) is 5.32 Å². The van der Waals surface area contributed by atoms with Crippen molar-refractivity contribution in [1.29, 1.82) is 0 Å². The lowest BCUT2D eigenvalue weighted by Crippen LogP contribution is -2.18. The van der Waals surface area contributed by atoms with E-state index >= 15 is 0 Å². The molecule has 112 valence electrons. The molecule has 21 heavy (non-hydrogen) atoms. The standard InChI is InChI=1S/C16H17BrClNO2/c1-10(11-3-6-16(21-2)14(17)8-11)19-9-12-7-13(18)4-5-15(12)20/h3-8,10,19-20H,9H2,1-2H3. The molecule has 0 fully saturated rings. The maximum Gasteiger partial charge on any atom is 0.133 e. The Morgan fingerprint density at radius 2 is 2.05 bits per heavy atom. The first-order chi connectivity index (χ1) is 10.0. The summed E-state index contributed by atoms with van der Waals surface area (Å²) >= 11 is 9.43. The average Bonchev–Trinajstić information content (AvgIpc) is 2.47. The van der Waals surface area contributed by atoms with Crippen molar-refractivity contribution in [3.8, 4) is 11.5 Å². The van der Waals surface area contributed by atoms with E-state index in [0.29, 0.717) is 11.6 Å². The smallest absolute Gasteiger partial charge is 0.133 e. The highest BCUT2D eigenvalue weighted by molar-refractivity contribution is 9.10. The zero-order chi connectivity index (χ0) is 15.4. The fraction of sp³-hybridized carbons (Fsp3) is 0.250. The van der Waals surface area contributed by atoms with Crippen LogP contribution in [0.15, 0.2) is 40.9 Å². The van der Waals surface area contributed by atoms with Gasteiger partial charge in [0.1, 0.15) is 11.5 Å². The quantitative estimate of drug-likeness (QED) is 0.804. The van der Waals surface area contributed by atoms with Gasteiger partial charge >= 0.3 is 0 Å². The molecule has 5 heteroatoms. The number of halogens is 2. The molecule has 0 bridgehead atoms. The van der Waals surface area contributed by atoms with Crippen LogP contribution in [0.3, 0.4) is 0 Å². The Hall–Kier alpha value is -1.23. The van der Waals surface area contributed by atoms with Gasteiger partial charge in [-0.1, -0.05) is 17.7 Å². The van der Waals surface area contributed by atoms with E-state index in [-0.39, 0.29) is 11.8 Å². The Morgan fingerprint density at radius 3 is 2.71 bits per heavy atom. The Kier molecular flexibility index (Phi) is 5.51. The molecular weight excluding hydrogens is 354 g/mol. The van der Waals surface area contributed by atoms with E-state index in [4.69, 9.17) is 16.3 Å². The number of phenolic OH excluding ortho intramolecular Hbond substituents is 1. The van der Waals surface area contributed by atoms with Gasteiger partial charge in [-0.25, -0.2) is 0 Å². The molecule has 2 aromatic carbocycles. The zero-order valence-electron chi connectivity index (χ0n) is 11.9. The second-order valence-corrected chi connectivity index (χ2v) is 6.06. The number of ether oxygens (including phenoxy) is 1. The summed E-state index contributed by atoms with van der Waals surface area (Å²) in [4.78, 5) is 0. The summed E-state index contributed by atoms with van der Waals surface area (Å²) in [5, 5.41) is 13.8. The van der Waals surface area contributed by atoms with Gasteiger partial charge in [-0.2, -0.15) is 0 Å². The molecule has 0 aromatic heterocycles. The predicted octanol–water partition coefficient (Wildman–Crippen LogP) is 4.67. The van der Waals surface area contributed by atoms with Crippen molar-refractivity contribution in [2.75, 3.05) is 7.11 Å². The fourth-order valence-corrected chi connectivity index (χ4v) is 2.78. The summed E-state index contributed by atoms with van der Waals surface area (Å²) in [7, 11) is 1.64. The molecule has 1 atom stereocenters. The van der Waals surface area contributed by atoms with Crippen LogP contribution < -0.4 is 10.1 Å². The molecule has 2 rings (SSSR count). The zero-order valence-corrected chi connectivity index (χ0v) is 14.2. The van der Waals surface area contributed by atoms with Gasteiger partial charge in [-0.3, -0.25) is 0 Å². The lowest BCUT2D eigenvalue weighted by atomic mass is 10.1. The third-order valence-electron chi connectivity index (χ3n) is 3.32. The minimum atomic E-state index is 0.130. The van der Waals surface area contributed by atoms with Crippen molar-refractivity contribution < 1.29 is 9.84 Å². The second kappa shape index (κ2) is 7.16. The van der Waals surface area contributed by atoms with E-state index in [2.05, 4.69) is 28.2 Å². The van der Waals surface area contributed by atoms with Crippen LogP contribution in [0.4, 0.5) is 0 Å². The van der Waals surface area contributed by atoms with Crippen LogP contribution in [-0.2, 0) is 6.54 Å². The van der Waals surface area contributed by atoms with E-state index in [1.807, 2.05) is 18.2 Å². The summed E-state index contributed by atoms with van der Waals surface area (Å²) in [6, 6.07) is 11.1. The van der Waals surface area contributed by atoms with E-state index in [1.165, 1.54) is 0 Å². The van der Waals surface area contributed by atoms with Crippen LogP contribution in [-0.4, -0.2) is 12.2 Å². The first-order valence-corrected chi connectivity index (χ1v) is 7.72. The summed E-state index contributed by atoms with van der Waals surface area (Å²) in [5.41, 5.74) is 1.91. The van der Waals surface area contributed by atoms with Crippen LogP contribution in [0.25, 0.3) is 0 Å². The van der Waals surface area contributed by atoms with Crippen LogP contribution >= 0.6 is 27.5 Å². The highest BCUT2D eigenvalue weighted by Gasteiger charge is 2.09. The Bertz CT molecular complexity index is 634. The van der Waals surface area contributed by atoms with Gasteiger partial charge in [0.05, 0.1) is 11.6 Å². The van der Waals surface area contributed by atoms with E-state index in [0.717, 1.165) is 21.3 Å². The van der Waals surface area contributed by atoms with Crippen molar-refractivity contribution in [3.05, 3.63) is 57.0 Å². The van der Waals surface area contributed by atoms with Crippen LogP contribution in [0.1, 0.15) is 24.1 Å². The van der Waals surface area contributed by atoms with Gasteiger partial charge in [-0.15, -0.1) is 0 Å². The van der Waals surface area contributed by atoms with E-state index in [9.17, 15) is 5.11 Å². The summed E-state index contributed by atoms with van der Waals surface area (Å²) in [5.74, 6) is 1.05. The van der Waals surface area contributed by atoms with Crippen molar-refractivity contribution >= 4 is 27.5 Å². The number of methoxy groups -OCH3 is 1. The molecule has 2 N–H and O–H groups in total. The molecule has 0 spiro atoms. The SMILES string of the molecule is COc1ccc(C(C)NCc2cc(Cl)ccc2O)cc1Br. The molecule has 3 nitrogen and oxygen atoms in total. The number of benzene rings is 2. The fourth-order valence-electron chi connectivity index (χ4n) is 2.03. The molecule has 0 amide bonds. The topological polar surface area (TPSA) is 41.5 Å². The van der Waals surface area contributed by atoms with Crippen molar-refractivity contribution in [3.63, 3.8) is 0 Å². The largest absolute Gasteiger partial charge is 0.508 e. The summed E-state index contributed by atoms with van der Waals surface area (Å²) in [6.45, 7) is 2.60. The molecule has 0 aliphatic rings. The van der Waals surface area contributed by atoms with Crippen LogP contribution in [0.5, 0.6) is 11.5 Å². The maximum atomic E-state index is 9.81. The molecule has 0 aliphatic heterocycles. The van der Waals surface area contributed by atoms with Gasteiger partial charge in [0.25, 0.3) is 0 Å². The molecule has 1 unspecified atom stereocenters. The lowest BCUT2D eigenvalue weighted by molar-refractivity contribution is 0.411. The second-order valence-electron chi connectivity index (χ2n) is 4.77. The van der Waals surface area contributed by atoms with Crippen LogP contribution in [0, 0.1) is 0 Å². The number of phenols is 1. The normalized spacial score (nSPS) is 12.2. The molecule has 0 aliphatic carbocycles. The molecule has 0 radical (unpaired) electrons. The number of rotatable bonds is 5. The van der Waals surface area contributed by atoms with Crippen LogP contribution in [0.2, 0.25) is 5.02 Å².